The maximum Gasteiger partial charge on any atom is 0.255 e. The van der Waals surface area contributed by atoms with Crippen LogP contribution in [0, 0.1) is 6.92 Å². The normalized spacial score (nSPS) is 15.3. The van der Waals surface area contributed by atoms with E-state index in [1.54, 1.807) is 12.1 Å². The van der Waals surface area contributed by atoms with Crippen molar-refractivity contribution in [3.8, 4) is 0 Å². The lowest BCUT2D eigenvalue weighted by molar-refractivity contribution is 0.102. The first-order valence-corrected chi connectivity index (χ1v) is 11.0. The van der Waals surface area contributed by atoms with Gasteiger partial charge in [-0.25, -0.2) is 9.98 Å². The first-order valence-electron chi connectivity index (χ1n) is 10.6. The van der Waals surface area contributed by atoms with Crippen LogP contribution in [-0.2, 0) is 11.2 Å². The van der Waals surface area contributed by atoms with E-state index in [-0.39, 0.29) is 5.91 Å². The predicted octanol–water partition coefficient (Wildman–Crippen LogP) is 4.81. The molecular weight excluding hydrogens is 424 g/mol. The van der Waals surface area contributed by atoms with Gasteiger partial charge in [-0.3, -0.25) is 4.79 Å². The maximum absolute atomic E-state index is 13.0. The number of anilines is 2. The van der Waals surface area contributed by atoms with Crippen LogP contribution in [-0.4, -0.2) is 42.9 Å². The summed E-state index contributed by atoms with van der Waals surface area (Å²) in [5.74, 6) is 0.568. The van der Waals surface area contributed by atoms with E-state index < -0.39 is 0 Å². The molecule has 2 aromatic carbocycles. The number of aryl methyl sites for hydroxylation is 1. The molecule has 5 rings (SSSR count). The molecule has 2 aliphatic rings. The van der Waals surface area contributed by atoms with Gasteiger partial charge in [-0.2, -0.15) is 0 Å². The van der Waals surface area contributed by atoms with Crippen LogP contribution in [0.25, 0.3) is 0 Å². The second-order valence-electron chi connectivity index (χ2n) is 8.03. The van der Waals surface area contributed by atoms with Crippen LogP contribution in [0.3, 0.4) is 0 Å². The van der Waals surface area contributed by atoms with Crippen LogP contribution in [0.1, 0.15) is 27.0 Å². The van der Waals surface area contributed by atoms with Gasteiger partial charge in [0.15, 0.2) is 5.82 Å². The summed E-state index contributed by atoms with van der Waals surface area (Å²) in [6, 6.07) is 15.2. The van der Waals surface area contributed by atoms with Crippen molar-refractivity contribution in [2.24, 2.45) is 4.99 Å². The van der Waals surface area contributed by atoms with Gasteiger partial charge in [0.2, 0.25) is 0 Å². The number of rotatable bonds is 4. The summed E-state index contributed by atoms with van der Waals surface area (Å²) in [6.45, 7) is 5.07. The molecule has 6 nitrogen and oxygen atoms in total. The molecule has 0 atom stereocenters. The van der Waals surface area contributed by atoms with E-state index in [2.05, 4.69) is 26.3 Å². The molecule has 2 aliphatic heterocycles. The number of morpholine rings is 1. The Kier molecular flexibility index (Phi) is 5.64. The molecule has 1 N–H and O–H groups in total. The molecule has 1 saturated heterocycles. The third-order valence-electron chi connectivity index (χ3n) is 5.70. The summed E-state index contributed by atoms with van der Waals surface area (Å²) in [4.78, 5) is 24.3. The third-order valence-corrected chi connectivity index (χ3v) is 6.03. The zero-order valence-corrected chi connectivity index (χ0v) is 18.5. The zero-order valence-electron chi connectivity index (χ0n) is 17.8. The number of nitrogens with zero attached hydrogens (tertiary/aromatic N) is 3. The summed E-state index contributed by atoms with van der Waals surface area (Å²) < 4.78 is 5.42. The van der Waals surface area contributed by atoms with Gasteiger partial charge >= 0.3 is 0 Å². The number of ether oxygens (including phenoxy) is 1. The predicted molar refractivity (Wildman–Crippen MR) is 128 cm³/mol. The molecule has 0 unspecified atom stereocenters. The smallest absolute Gasteiger partial charge is 0.255 e. The first kappa shape index (κ1) is 20.7. The number of benzene rings is 2. The van der Waals surface area contributed by atoms with Gasteiger partial charge in [0, 0.05) is 58.8 Å². The van der Waals surface area contributed by atoms with E-state index >= 15 is 0 Å². The number of pyridine rings is 1. The standard InChI is InChI=1S/C25H23ClN4O2/c1-16-11-18-13-23(29-24(18)27-15-16)21-14-19(5-6-22(21)26)28-25(31)17-3-2-4-20(12-17)30-7-9-32-10-8-30/h2-6,11-12,14-15H,7-10,13H2,1H3,(H,28,31). The quantitative estimate of drug-likeness (QED) is 0.624. The van der Waals surface area contributed by atoms with E-state index in [0.29, 0.717) is 35.9 Å². The van der Waals surface area contributed by atoms with Crippen LogP contribution < -0.4 is 10.2 Å². The second-order valence-corrected chi connectivity index (χ2v) is 8.44. The average molecular weight is 447 g/mol. The fourth-order valence-corrected chi connectivity index (χ4v) is 4.28. The van der Waals surface area contributed by atoms with Gasteiger partial charge in [0.05, 0.1) is 18.9 Å². The topological polar surface area (TPSA) is 66.8 Å². The first-order chi connectivity index (χ1) is 15.6. The number of aliphatic imine (C=N–C) groups is 1. The largest absolute Gasteiger partial charge is 0.378 e. The Morgan fingerprint density at radius 3 is 2.81 bits per heavy atom. The summed E-state index contributed by atoms with van der Waals surface area (Å²) in [5, 5.41) is 3.60. The highest BCUT2D eigenvalue weighted by Gasteiger charge is 2.20. The van der Waals surface area contributed by atoms with Gasteiger partial charge in [-0.15, -0.1) is 0 Å². The van der Waals surface area contributed by atoms with E-state index in [9.17, 15) is 4.79 Å². The van der Waals surface area contributed by atoms with Gasteiger partial charge in [-0.05, 0) is 48.9 Å². The zero-order chi connectivity index (χ0) is 22.1. The highest BCUT2D eigenvalue weighted by Crippen LogP contribution is 2.31. The lowest BCUT2D eigenvalue weighted by Gasteiger charge is -2.29. The minimum atomic E-state index is -0.165. The molecule has 0 saturated carbocycles. The molecule has 1 aromatic heterocycles. The van der Waals surface area contributed by atoms with Crippen molar-refractivity contribution in [2.45, 2.75) is 13.3 Å². The Balaban J connectivity index is 1.35. The van der Waals surface area contributed by atoms with Crippen molar-refractivity contribution in [1.82, 2.24) is 4.98 Å². The average Bonchev–Trinajstić information content (AvgIpc) is 3.24. The lowest BCUT2D eigenvalue weighted by Crippen LogP contribution is -2.36. The van der Waals surface area contributed by atoms with Crippen molar-refractivity contribution in [1.29, 1.82) is 0 Å². The molecule has 0 bridgehead atoms. The second kappa shape index (κ2) is 8.73. The molecular formula is C25H23ClN4O2. The van der Waals surface area contributed by atoms with Crippen LogP contribution in [0.4, 0.5) is 17.2 Å². The van der Waals surface area contributed by atoms with Gasteiger partial charge in [0.1, 0.15) is 0 Å². The number of nitrogens with one attached hydrogen (secondary N) is 1. The summed E-state index contributed by atoms with van der Waals surface area (Å²) in [6.07, 6.45) is 2.48. The Morgan fingerprint density at radius 1 is 1.12 bits per heavy atom. The van der Waals surface area contributed by atoms with E-state index in [1.807, 2.05) is 43.5 Å². The lowest BCUT2D eigenvalue weighted by atomic mass is 10.0. The number of fused-ring (bicyclic) bond motifs is 1. The van der Waals surface area contributed by atoms with Crippen molar-refractivity contribution in [2.75, 3.05) is 36.5 Å². The fraction of sp³-hybridized carbons (Fsp3) is 0.240. The highest BCUT2D eigenvalue weighted by molar-refractivity contribution is 6.34. The Hall–Kier alpha value is -3.22. The molecule has 1 fully saturated rings. The molecule has 32 heavy (non-hydrogen) atoms. The van der Waals surface area contributed by atoms with Crippen molar-refractivity contribution in [3.63, 3.8) is 0 Å². The van der Waals surface area contributed by atoms with Gasteiger partial charge in [-0.1, -0.05) is 23.7 Å². The highest BCUT2D eigenvalue weighted by atomic mass is 35.5. The Labute approximate surface area is 191 Å². The fourth-order valence-electron chi connectivity index (χ4n) is 4.05. The van der Waals surface area contributed by atoms with E-state index in [0.717, 1.165) is 47.0 Å². The SMILES string of the molecule is Cc1cnc2c(c1)CC(c1cc(NC(=O)c3cccc(N4CCOCC4)c3)ccc1Cl)=N2. The molecule has 0 radical (unpaired) electrons. The number of carbonyl (C=O) groups is 1. The number of aromatic nitrogens is 1. The minimum Gasteiger partial charge on any atom is -0.378 e. The molecule has 162 valence electrons. The van der Waals surface area contributed by atoms with Gasteiger partial charge in [0.25, 0.3) is 5.91 Å². The van der Waals surface area contributed by atoms with Crippen molar-refractivity contribution < 1.29 is 9.53 Å². The Morgan fingerprint density at radius 2 is 1.97 bits per heavy atom. The number of hydrogen-bond donors (Lipinski definition) is 1. The number of hydrogen-bond acceptors (Lipinski definition) is 5. The Bertz CT molecular complexity index is 1220. The summed E-state index contributed by atoms with van der Waals surface area (Å²) >= 11 is 6.48. The number of amides is 1. The van der Waals surface area contributed by atoms with Gasteiger partial charge < -0.3 is 15.0 Å². The minimum absolute atomic E-state index is 0.165. The molecule has 1 amide bonds. The molecule has 3 aromatic rings. The van der Waals surface area contributed by atoms with Crippen LogP contribution >= 0.6 is 11.6 Å². The van der Waals surface area contributed by atoms with Crippen LogP contribution in [0.15, 0.2) is 59.7 Å². The van der Waals surface area contributed by atoms with Crippen molar-refractivity contribution in [3.05, 3.63) is 82.0 Å². The molecule has 7 heteroatoms. The number of halogens is 1. The van der Waals surface area contributed by atoms with Crippen molar-refractivity contribution >= 4 is 40.4 Å². The van der Waals surface area contributed by atoms with E-state index in [4.69, 9.17) is 16.3 Å². The molecule has 0 spiro atoms. The molecule has 0 aliphatic carbocycles. The van der Waals surface area contributed by atoms with Crippen LogP contribution in [0.5, 0.6) is 0 Å². The summed E-state index contributed by atoms with van der Waals surface area (Å²) in [5.41, 5.74) is 6.16. The molecule has 3 heterocycles. The summed E-state index contributed by atoms with van der Waals surface area (Å²) in [7, 11) is 0. The third kappa shape index (κ3) is 4.24. The van der Waals surface area contributed by atoms with E-state index in [1.165, 1.54) is 0 Å². The monoisotopic (exact) mass is 446 g/mol. The number of carbonyl (C=O) groups excluding carboxylic acids is 1. The van der Waals surface area contributed by atoms with Crippen LogP contribution in [0.2, 0.25) is 5.02 Å². The maximum atomic E-state index is 13.0.